The second-order valence-electron chi connectivity index (χ2n) is 4.73. The molecule has 0 aliphatic carbocycles. The standard InChI is InChI=1S/C13H18ClN3O3S/c1-9(14)13-16-12-10(5-4-6-11(12)20-2)17(13)8-7-15-21(3,18)19/h4-6,9,15H,7-8H2,1-3H3. The van der Waals surface area contributed by atoms with Gasteiger partial charge in [0.1, 0.15) is 17.1 Å². The summed E-state index contributed by atoms with van der Waals surface area (Å²) in [4.78, 5) is 4.53. The van der Waals surface area contributed by atoms with Gasteiger partial charge >= 0.3 is 0 Å². The SMILES string of the molecule is COc1cccc2c1nc(C(C)Cl)n2CCNS(C)(=O)=O. The van der Waals surface area contributed by atoms with E-state index in [0.29, 0.717) is 18.1 Å². The molecule has 0 radical (unpaired) electrons. The van der Waals surface area contributed by atoms with Crippen molar-refractivity contribution in [1.82, 2.24) is 14.3 Å². The zero-order valence-electron chi connectivity index (χ0n) is 12.1. The lowest BCUT2D eigenvalue weighted by Crippen LogP contribution is -2.26. The molecule has 0 spiro atoms. The van der Waals surface area contributed by atoms with E-state index in [1.165, 1.54) is 0 Å². The number of rotatable bonds is 6. The predicted molar refractivity (Wildman–Crippen MR) is 83.4 cm³/mol. The molecule has 116 valence electrons. The maximum absolute atomic E-state index is 11.2. The first kappa shape index (κ1) is 16.1. The monoisotopic (exact) mass is 331 g/mol. The van der Waals surface area contributed by atoms with Crippen molar-refractivity contribution in [2.45, 2.75) is 18.8 Å². The highest BCUT2D eigenvalue weighted by Crippen LogP contribution is 2.29. The summed E-state index contributed by atoms with van der Waals surface area (Å²) in [5.41, 5.74) is 1.59. The number of halogens is 1. The van der Waals surface area contributed by atoms with E-state index in [1.54, 1.807) is 7.11 Å². The minimum Gasteiger partial charge on any atom is -0.494 e. The number of sulfonamides is 1. The van der Waals surface area contributed by atoms with E-state index in [2.05, 4.69) is 9.71 Å². The molecule has 0 saturated heterocycles. The van der Waals surface area contributed by atoms with Crippen LogP contribution in [-0.4, -0.2) is 37.9 Å². The number of imidazole rings is 1. The van der Waals surface area contributed by atoms with Crippen LogP contribution in [0.25, 0.3) is 11.0 Å². The Balaban J connectivity index is 2.42. The van der Waals surface area contributed by atoms with Gasteiger partial charge in [0.2, 0.25) is 10.0 Å². The number of fused-ring (bicyclic) bond motifs is 1. The van der Waals surface area contributed by atoms with Crippen molar-refractivity contribution in [3.63, 3.8) is 0 Å². The normalized spacial score (nSPS) is 13.5. The molecule has 2 rings (SSSR count). The van der Waals surface area contributed by atoms with Crippen molar-refractivity contribution in [3.05, 3.63) is 24.0 Å². The highest BCUT2D eigenvalue weighted by Gasteiger charge is 2.17. The molecule has 1 aromatic heterocycles. The van der Waals surface area contributed by atoms with Crippen LogP contribution in [0.2, 0.25) is 0 Å². The second-order valence-corrected chi connectivity index (χ2v) is 7.22. The number of methoxy groups -OCH3 is 1. The maximum Gasteiger partial charge on any atom is 0.208 e. The van der Waals surface area contributed by atoms with Gasteiger partial charge in [-0.2, -0.15) is 0 Å². The number of para-hydroxylation sites is 1. The van der Waals surface area contributed by atoms with Crippen LogP contribution < -0.4 is 9.46 Å². The fourth-order valence-corrected chi connectivity index (χ4v) is 2.81. The predicted octanol–water partition coefficient (Wildman–Crippen LogP) is 1.89. The Morgan fingerprint density at radius 1 is 1.48 bits per heavy atom. The zero-order valence-corrected chi connectivity index (χ0v) is 13.7. The first-order valence-corrected chi connectivity index (χ1v) is 8.78. The highest BCUT2D eigenvalue weighted by molar-refractivity contribution is 7.88. The van der Waals surface area contributed by atoms with Crippen LogP contribution in [0.4, 0.5) is 0 Å². The van der Waals surface area contributed by atoms with E-state index < -0.39 is 10.0 Å². The summed E-state index contributed by atoms with van der Waals surface area (Å²) in [6, 6.07) is 5.61. The van der Waals surface area contributed by atoms with Crippen LogP contribution >= 0.6 is 11.6 Å². The first-order chi connectivity index (χ1) is 9.83. The maximum atomic E-state index is 11.2. The molecule has 6 nitrogen and oxygen atoms in total. The van der Waals surface area contributed by atoms with Crippen molar-refractivity contribution >= 4 is 32.7 Å². The molecule has 0 aliphatic rings. The molecule has 8 heteroatoms. The van der Waals surface area contributed by atoms with Gasteiger partial charge in [0.05, 0.1) is 24.3 Å². The molecular formula is C13H18ClN3O3S. The van der Waals surface area contributed by atoms with E-state index >= 15 is 0 Å². The Kier molecular flexibility index (Phi) is 4.75. The van der Waals surface area contributed by atoms with Gasteiger partial charge in [-0.25, -0.2) is 18.1 Å². The Labute approximate surface area is 129 Å². The Morgan fingerprint density at radius 3 is 2.76 bits per heavy atom. The van der Waals surface area contributed by atoms with Gasteiger partial charge in [-0.05, 0) is 19.1 Å². The molecule has 0 aliphatic heterocycles. The van der Waals surface area contributed by atoms with Crippen LogP contribution in [0.5, 0.6) is 5.75 Å². The molecule has 1 atom stereocenters. The van der Waals surface area contributed by atoms with E-state index in [-0.39, 0.29) is 11.9 Å². The van der Waals surface area contributed by atoms with Gasteiger partial charge in [0.15, 0.2) is 0 Å². The van der Waals surface area contributed by atoms with Crippen LogP contribution in [0.15, 0.2) is 18.2 Å². The number of nitrogens with zero attached hydrogens (tertiary/aromatic N) is 2. The molecule has 1 N–H and O–H groups in total. The Bertz CT molecular complexity index is 740. The molecule has 0 saturated carbocycles. The van der Waals surface area contributed by atoms with Crippen molar-refractivity contribution in [1.29, 1.82) is 0 Å². The summed E-state index contributed by atoms with van der Waals surface area (Å²) in [6.45, 7) is 2.55. The fraction of sp³-hybridized carbons (Fsp3) is 0.462. The summed E-state index contributed by atoms with van der Waals surface area (Å²) in [6.07, 6.45) is 1.13. The van der Waals surface area contributed by atoms with Gasteiger partial charge in [-0.1, -0.05) is 6.07 Å². The number of benzene rings is 1. The second kappa shape index (κ2) is 6.21. The molecule has 0 bridgehead atoms. The van der Waals surface area contributed by atoms with Crippen molar-refractivity contribution in [2.75, 3.05) is 19.9 Å². The van der Waals surface area contributed by atoms with Gasteiger partial charge < -0.3 is 9.30 Å². The molecule has 1 unspecified atom stereocenters. The summed E-state index contributed by atoms with van der Waals surface area (Å²) < 4.78 is 32.0. The quantitative estimate of drug-likeness (QED) is 0.820. The molecular weight excluding hydrogens is 314 g/mol. The average Bonchev–Trinajstić information content (AvgIpc) is 2.76. The summed E-state index contributed by atoms with van der Waals surface area (Å²) in [7, 11) is -1.63. The summed E-state index contributed by atoms with van der Waals surface area (Å²) >= 11 is 6.18. The van der Waals surface area contributed by atoms with Gasteiger partial charge in [0.25, 0.3) is 0 Å². The third-order valence-corrected chi connectivity index (χ3v) is 3.97. The minimum absolute atomic E-state index is 0.276. The molecule has 1 aromatic carbocycles. The lowest BCUT2D eigenvalue weighted by atomic mass is 10.3. The average molecular weight is 332 g/mol. The topological polar surface area (TPSA) is 73.2 Å². The first-order valence-electron chi connectivity index (χ1n) is 6.45. The lowest BCUT2D eigenvalue weighted by Gasteiger charge is -2.10. The highest BCUT2D eigenvalue weighted by atomic mass is 35.5. The van der Waals surface area contributed by atoms with Gasteiger partial charge in [-0.15, -0.1) is 11.6 Å². The molecule has 2 aromatic rings. The smallest absolute Gasteiger partial charge is 0.208 e. The van der Waals surface area contributed by atoms with Gasteiger partial charge in [0, 0.05) is 13.1 Å². The number of alkyl halides is 1. The number of hydrogen-bond acceptors (Lipinski definition) is 4. The van der Waals surface area contributed by atoms with Crippen LogP contribution in [0.3, 0.4) is 0 Å². The lowest BCUT2D eigenvalue weighted by molar-refractivity contribution is 0.419. The summed E-state index contributed by atoms with van der Waals surface area (Å²) in [5, 5.41) is -0.291. The number of nitrogens with one attached hydrogen (secondary N) is 1. The van der Waals surface area contributed by atoms with E-state index in [1.807, 2.05) is 29.7 Å². The zero-order chi connectivity index (χ0) is 15.6. The summed E-state index contributed by atoms with van der Waals surface area (Å²) in [5.74, 6) is 1.35. The van der Waals surface area contributed by atoms with Crippen LogP contribution in [-0.2, 0) is 16.6 Å². The van der Waals surface area contributed by atoms with E-state index in [9.17, 15) is 8.42 Å². The third kappa shape index (κ3) is 3.66. The van der Waals surface area contributed by atoms with Crippen LogP contribution in [0, 0.1) is 0 Å². The third-order valence-electron chi connectivity index (χ3n) is 3.05. The van der Waals surface area contributed by atoms with Crippen molar-refractivity contribution in [2.24, 2.45) is 0 Å². The van der Waals surface area contributed by atoms with E-state index in [4.69, 9.17) is 16.3 Å². The Hall–Kier alpha value is -1.31. The number of ether oxygens (including phenoxy) is 1. The largest absolute Gasteiger partial charge is 0.494 e. The van der Waals surface area contributed by atoms with Gasteiger partial charge in [-0.3, -0.25) is 0 Å². The molecule has 0 fully saturated rings. The van der Waals surface area contributed by atoms with E-state index in [0.717, 1.165) is 17.3 Å². The molecule has 0 amide bonds. The van der Waals surface area contributed by atoms with Crippen molar-refractivity contribution < 1.29 is 13.2 Å². The Morgan fingerprint density at radius 2 is 2.19 bits per heavy atom. The number of hydrogen-bond donors (Lipinski definition) is 1. The molecule has 1 heterocycles. The molecule has 21 heavy (non-hydrogen) atoms. The van der Waals surface area contributed by atoms with Crippen LogP contribution in [0.1, 0.15) is 18.1 Å². The number of aromatic nitrogens is 2. The fourth-order valence-electron chi connectivity index (χ4n) is 2.19. The minimum atomic E-state index is -3.22. The van der Waals surface area contributed by atoms with Crippen molar-refractivity contribution in [3.8, 4) is 5.75 Å².